The molecule has 1 nitrogen and oxygen atoms in total. The predicted octanol–water partition coefficient (Wildman–Crippen LogP) is 2.94. The van der Waals surface area contributed by atoms with Crippen molar-refractivity contribution in [1.29, 1.82) is 0 Å². The molecule has 4 atom stereocenters. The van der Waals surface area contributed by atoms with E-state index in [0.29, 0.717) is 35.4 Å². The molecule has 0 aliphatic heterocycles. The Labute approximate surface area is 95.2 Å². The Balaban J connectivity index is 1.61. The van der Waals surface area contributed by atoms with Gasteiger partial charge >= 0.3 is 0 Å². The van der Waals surface area contributed by atoms with Gasteiger partial charge in [-0.2, -0.15) is 0 Å². The molecule has 0 spiro atoms. The van der Waals surface area contributed by atoms with Gasteiger partial charge in [0.25, 0.3) is 0 Å². The fourth-order valence-corrected chi connectivity index (χ4v) is 3.93. The number of ketones is 1. The van der Waals surface area contributed by atoms with Crippen molar-refractivity contribution in [3.05, 3.63) is 48.0 Å². The lowest BCUT2D eigenvalue weighted by atomic mass is 9.95. The number of benzene rings is 1. The summed E-state index contributed by atoms with van der Waals surface area (Å²) in [5.74, 6) is 3.51. The van der Waals surface area contributed by atoms with Gasteiger partial charge < -0.3 is 0 Å². The van der Waals surface area contributed by atoms with Crippen molar-refractivity contribution in [2.75, 3.05) is 0 Å². The minimum Gasteiger partial charge on any atom is -0.294 e. The van der Waals surface area contributed by atoms with Crippen LogP contribution < -0.4 is 0 Å². The van der Waals surface area contributed by atoms with E-state index in [0.717, 1.165) is 5.56 Å². The molecule has 2 fully saturated rings. The van der Waals surface area contributed by atoms with Crippen molar-refractivity contribution in [2.45, 2.75) is 6.42 Å². The van der Waals surface area contributed by atoms with E-state index >= 15 is 0 Å². The zero-order valence-electron chi connectivity index (χ0n) is 9.04. The van der Waals surface area contributed by atoms with E-state index in [4.69, 9.17) is 0 Å². The minimum absolute atomic E-state index is 0.334. The molecule has 2 bridgehead atoms. The van der Waals surface area contributed by atoms with Crippen molar-refractivity contribution in [3.8, 4) is 0 Å². The second-order valence-electron chi connectivity index (χ2n) is 5.36. The van der Waals surface area contributed by atoms with Gasteiger partial charge in [0.1, 0.15) is 0 Å². The molecule has 3 aliphatic rings. The number of rotatable bonds is 2. The van der Waals surface area contributed by atoms with Gasteiger partial charge in [-0.05, 0) is 30.1 Å². The zero-order chi connectivity index (χ0) is 10.7. The number of hydrogen-bond donors (Lipinski definition) is 0. The monoisotopic (exact) mass is 210 g/mol. The molecule has 2 saturated carbocycles. The third-order valence-electron chi connectivity index (χ3n) is 4.63. The predicted molar refractivity (Wildman–Crippen MR) is 62.0 cm³/mol. The Morgan fingerprint density at radius 3 is 2.25 bits per heavy atom. The third-order valence-corrected chi connectivity index (χ3v) is 4.63. The maximum atomic E-state index is 12.3. The van der Waals surface area contributed by atoms with Gasteiger partial charge in [-0.25, -0.2) is 0 Å². The van der Waals surface area contributed by atoms with Gasteiger partial charge in [-0.1, -0.05) is 42.5 Å². The van der Waals surface area contributed by atoms with E-state index in [1.54, 1.807) is 0 Å². The second-order valence-corrected chi connectivity index (χ2v) is 5.36. The summed E-state index contributed by atoms with van der Waals surface area (Å²) in [6.45, 7) is 0. The average Bonchev–Trinajstić information content (AvgIpc) is 2.77. The third kappa shape index (κ3) is 0.986. The standard InChI is InChI=1S/C15H14O/c16-15(9-4-2-1-3-5-9)14-12-10-6-7-11(8-10)13(12)14/h1-7,10-14H,8H2. The molecule has 0 heterocycles. The highest BCUT2D eigenvalue weighted by Crippen LogP contribution is 2.67. The normalized spacial score (nSPS) is 42.1. The van der Waals surface area contributed by atoms with Crippen molar-refractivity contribution in [1.82, 2.24) is 0 Å². The number of allylic oxidation sites excluding steroid dienone is 2. The molecule has 16 heavy (non-hydrogen) atoms. The fourth-order valence-electron chi connectivity index (χ4n) is 3.93. The summed E-state index contributed by atoms with van der Waals surface area (Å²) in [6.07, 6.45) is 5.99. The molecule has 0 amide bonds. The molecule has 1 heteroatoms. The topological polar surface area (TPSA) is 17.1 Å². The van der Waals surface area contributed by atoms with E-state index in [2.05, 4.69) is 12.2 Å². The van der Waals surface area contributed by atoms with Crippen LogP contribution in [0.5, 0.6) is 0 Å². The first-order valence-electron chi connectivity index (χ1n) is 6.14. The molecule has 80 valence electrons. The van der Waals surface area contributed by atoms with Gasteiger partial charge in [0.15, 0.2) is 5.78 Å². The largest absolute Gasteiger partial charge is 0.294 e. The van der Waals surface area contributed by atoms with Crippen LogP contribution in [0.25, 0.3) is 0 Å². The van der Waals surface area contributed by atoms with Crippen LogP contribution in [0.15, 0.2) is 42.5 Å². The molecule has 4 unspecified atom stereocenters. The SMILES string of the molecule is O=C(c1ccccc1)C1C2C3C=CC(C3)C12. The Hall–Kier alpha value is -1.37. The van der Waals surface area contributed by atoms with E-state index in [-0.39, 0.29) is 0 Å². The first-order valence-corrected chi connectivity index (χ1v) is 6.14. The summed E-state index contributed by atoms with van der Waals surface area (Å²) >= 11 is 0. The molecule has 0 N–H and O–H groups in total. The van der Waals surface area contributed by atoms with Crippen molar-refractivity contribution >= 4 is 5.78 Å². The number of carbonyl (C=O) groups excluding carboxylic acids is 1. The van der Waals surface area contributed by atoms with Gasteiger partial charge in [0.05, 0.1) is 0 Å². The molecule has 4 rings (SSSR count). The fraction of sp³-hybridized carbons (Fsp3) is 0.400. The van der Waals surface area contributed by atoms with Crippen LogP contribution >= 0.6 is 0 Å². The molecular weight excluding hydrogens is 196 g/mol. The number of hydrogen-bond acceptors (Lipinski definition) is 1. The molecule has 1 aromatic carbocycles. The lowest BCUT2D eigenvalue weighted by molar-refractivity contribution is 0.0946. The highest BCUT2D eigenvalue weighted by molar-refractivity contribution is 6.00. The van der Waals surface area contributed by atoms with Crippen molar-refractivity contribution in [2.24, 2.45) is 29.6 Å². The summed E-state index contributed by atoms with van der Waals surface area (Å²) in [5.41, 5.74) is 0.904. The van der Waals surface area contributed by atoms with Gasteiger partial charge in [0.2, 0.25) is 0 Å². The molecule has 0 saturated heterocycles. The lowest BCUT2D eigenvalue weighted by Gasteiger charge is -2.07. The molecule has 0 aromatic heterocycles. The van der Waals surface area contributed by atoms with Crippen LogP contribution in [0.2, 0.25) is 0 Å². The Bertz CT molecular complexity index is 455. The van der Waals surface area contributed by atoms with Crippen molar-refractivity contribution in [3.63, 3.8) is 0 Å². The summed E-state index contributed by atoms with van der Waals surface area (Å²) in [4.78, 5) is 12.3. The van der Waals surface area contributed by atoms with E-state index in [1.807, 2.05) is 30.3 Å². The van der Waals surface area contributed by atoms with Crippen LogP contribution in [-0.4, -0.2) is 5.78 Å². The molecular formula is C15H14O. The summed E-state index contributed by atoms with van der Waals surface area (Å²) in [7, 11) is 0. The maximum absolute atomic E-state index is 12.3. The van der Waals surface area contributed by atoms with E-state index < -0.39 is 0 Å². The quantitative estimate of drug-likeness (QED) is 0.542. The van der Waals surface area contributed by atoms with Crippen LogP contribution in [0.1, 0.15) is 16.8 Å². The highest BCUT2D eigenvalue weighted by Gasteiger charge is 2.65. The van der Waals surface area contributed by atoms with Gasteiger partial charge in [-0.3, -0.25) is 4.79 Å². The van der Waals surface area contributed by atoms with Gasteiger partial charge in [0, 0.05) is 11.5 Å². The number of fused-ring (bicyclic) bond motifs is 5. The highest BCUT2D eigenvalue weighted by atomic mass is 16.1. The molecule has 0 radical (unpaired) electrons. The average molecular weight is 210 g/mol. The lowest BCUT2D eigenvalue weighted by Crippen LogP contribution is -2.10. The van der Waals surface area contributed by atoms with Crippen molar-refractivity contribution < 1.29 is 4.79 Å². The summed E-state index contributed by atoms with van der Waals surface area (Å²) in [6, 6.07) is 9.78. The Morgan fingerprint density at radius 1 is 1.00 bits per heavy atom. The smallest absolute Gasteiger partial charge is 0.166 e. The number of Topliss-reactive ketones (excluding diaryl/α,β-unsaturated/α-hetero) is 1. The Kier molecular flexibility index (Phi) is 1.56. The van der Waals surface area contributed by atoms with Crippen LogP contribution in [0.4, 0.5) is 0 Å². The van der Waals surface area contributed by atoms with Gasteiger partial charge in [-0.15, -0.1) is 0 Å². The zero-order valence-corrected chi connectivity index (χ0v) is 9.04. The minimum atomic E-state index is 0.334. The van der Waals surface area contributed by atoms with E-state index in [1.165, 1.54) is 6.42 Å². The van der Waals surface area contributed by atoms with Crippen LogP contribution in [0.3, 0.4) is 0 Å². The number of carbonyl (C=O) groups is 1. The van der Waals surface area contributed by atoms with Crippen LogP contribution in [-0.2, 0) is 0 Å². The van der Waals surface area contributed by atoms with Crippen LogP contribution in [0, 0.1) is 29.6 Å². The first kappa shape index (κ1) is 8.74. The molecule has 3 aliphatic carbocycles. The Morgan fingerprint density at radius 2 is 1.62 bits per heavy atom. The van der Waals surface area contributed by atoms with E-state index in [9.17, 15) is 4.79 Å². The maximum Gasteiger partial charge on any atom is 0.166 e. The molecule has 1 aromatic rings. The summed E-state index contributed by atoms with van der Waals surface area (Å²) in [5, 5.41) is 0. The first-order chi connectivity index (χ1) is 7.86. The second kappa shape index (κ2) is 2.85. The summed E-state index contributed by atoms with van der Waals surface area (Å²) < 4.78 is 0.